The molecule has 0 radical (unpaired) electrons. The molecule has 4 rings (SSSR count). The lowest BCUT2D eigenvalue weighted by Crippen LogP contribution is -2.55. The Labute approximate surface area is 132 Å². The second-order valence-electron chi connectivity index (χ2n) is 7.38. The van der Waals surface area contributed by atoms with Crippen LogP contribution in [0.1, 0.15) is 44.8 Å². The van der Waals surface area contributed by atoms with Gasteiger partial charge in [0.2, 0.25) is 0 Å². The van der Waals surface area contributed by atoms with Crippen LogP contribution in [0.3, 0.4) is 0 Å². The van der Waals surface area contributed by atoms with Crippen LogP contribution in [0, 0.1) is 5.41 Å². The van der Waals surface area contributed by atoms with Gasteiger partial charge in [0.15, 0.2) is 5.79 Å². The lowest BCUT2D eigenvalue weighted by atomic mass is 9.65. The fourth-order valence-electron chi connectivity index (χ4n) is 4.33. The van der Waals surface area contributed by atoms with Crippen molar-refractivity contribution in [3.8, 4) is 0 Å². The maximum Gasteiger partial charge on any atom is 0.173 e. The van der Waals surface area contributed by atoms with Crippen molar-refractivity contribution >= 4 is 0 Å². The topological polar surface area (TPSA) is 27.7 Å². The molecule has 118 valence electrons. The van der Waals surface area contributed by atoms with E-state index in [1.165, 1.54) is 5.56 Å². The van der Waals surface area contributed by atoms with Crippen LogP contribution in [0.2, 0.25) is 0 Å². The van der Waals surface area contributed by atoms with E-state index in [1.807, 2.05) is 6.07 Å². The zero-order valence-corrected chi connectivity index (χ0v) is 13.4. The van der Waals surface area contributed by atoms with E-state index in [0.717, 1.165) is 19.3 Å². The van der Waals surface area contributed by atoms with E-state index in [2.05, 4.69) is 50.3 Å². The van der Waals surface area contributed by atoms with Gasteiger partial charge in [-0.2, -0.15) is 0 Å². The summed E-state index contributed by atoms with van der Waals surface area (Å²) >= 11 is 0. The van der Waals surface area contributed by atoms with Crippen LogP contribution >= 0.6 is 0 Å². The Morgan fingerprint density at radius 1 is 1.00 bits per heavy atom. The fraction of sp³-hybridized carbons (Fsp3) is 0.579. The van der Waals surface area contributed by atoms with Crippen LogP contribution in [0.5, 0.6) is 0 Å². The van der Waals surface area contributed by atoms with Crippen molar-refractivity contribution in [3.05, 3.63) is 48.0 Å². The Morgan fingerprint density at radius 3 is 2.41 bits per heavy atom. The summed E-state index contributed by atoms with van der Waals surface area (Å²) in [7, 11) is 0. The molecule has 2 fully saturated rings. The Bertz CT molecular complexity index is 572. The summed E-state index contributed by atoms with van der Waals surface area (Å²) < 4.78 is 18.5. The molecule has 2 unspecified atom stereocenters. The largest absolute Gasteiger partial charge is 0.359 e. The van der Waals surface area contributed by atoms with Gasteiger partial charge in [0.25, 0.3) is 0 Å². The molecular weight excluding hydrogens is 276 g/mol. The van der Waals surface area contributed by atoms with E-state index in [4.69, 9.17) is 14.2 Å². The molecule has 1 aromatic rings. The van der Waals surface area contributed by atoms with Crippen LogP contribution < -0.4 is 0 Å². The van der Waals surface area contributed by atoms with Crippen molar-refractivity contribution in [2.45, 2.75) is 50.6 Å². The standard InChI is InChI=1S/C19H24O3/c1-17(2)14-18(10-11-19(17)20-12-13-21-19)9-8-16(22-18)15-6-4-3-5-7-15/h3-9,16H,10-14H2,1-2H3. The van der Waals surface area contributed by atoms with Gasteiger partial charge in [-0.3, -0.25) is 0 Å². The first-order chi connectivity index (χ1) is 10.5. The van der Waals surface area contributed by atoms with Crippen LogP contribution in [0.15, 0.2) is 42.5 Å². The third-order valence-corrected chi connectivity index (χ3v) is 5.47. The average molecular weight is 300 g/mol. The molecule has 1 aromatic carbocycles. The van der Waals surface area contributed by atoms with E-state index in [-0.39, 0.29) is 17.1 Å². The lowest BCUT2D eigenvalue weighted by molar-refractivity contribution is -0.270. The van der Waals surface area contributed by atoms with Crippen molar-refractivity contribution in [1.29, 1.82) is 0 Å². The van der Waals surface area contributed by atoms with Crippen molar-refractivity contribution in [2.24, 2.45) is 5.41 Å². The Morgan fingerprint density at radius 2 is 1.73 bits per heavy atom. The maximum atomic E-state index is 6.49. The molecule has 1 aliphatic carbocycles. The quantitative estimate of drug-likeness (QED) is 0.734. The molecule has 22 heavy (non-hydrogen) atoms. The molecule has 0 aromatic heterocycles. The van der Waals surface area contributed by atoms with Crippen LogP contribution in [-0.4, -0.2) is 24.6 Å². The number of benzene rings is 1. The van der Waals surface area contributed by atoms with Crippen molar-refractivity contribution in [1.82, 2.24) is 0 Å². The molecule has 2 spiro atoms. The van der Waals surface area contributed by atoms with E-state index >= 15 is 0 Å². The predicted molar refractivity (Wildman–Crippen MR) is 84.4 cm³/mol. The van der Waals surface area contributed by atoms with Gasteiger partial charge in [-0.05, 0) is 18.4 Å². The van der Waals surface area contributed by atoms with Crippen LogP contribution in [-0.2, 0) is 14.2 Å². The van der Waals surface area contributed by atoms with Gasteiger partial charge >= 0.3 is 0 Å². The monoisotopic (exact) mass is 300 g/mol. The maximum absolute atomic E-state index is 6.49. The van der Waals surface area contributed by atoms with Gasteiger partial charge in [0.1, 0.15) is 6.10 Å². The Balaban J connectivity index is 1.54. The molecule has 0 amide bonds. The van der Waals surface area contributed by atoms with Crippen molar-refractivity contribution in [2.75, 3.05) is 13.2 Å². The van der Waals surface area contributed by atoms with Gasteiger partial charge in [-0.15, -0.1) is 0 Å². The lowest BCUT2D eigenvalue weighted by Gasteiger charge is -2.51. The number of hydrogen-bond acceptors (Lipinski definition) is 3. The molecule has 0 N–H and O–H groups in total. The fourth-order valence-corrected chi connectivity index (χ4v) is 4.33. The SMILES string of the molecule is CC1(C)CC2(C=CC(c3ccccc3)O2)CCC12OCCO2. The first-order valence-electron chi connectivity index (χ1n) is 8.24. The molecule has 0 bridgehead atoms. The second-order valence-corrected chi connectivity index (χ2v) is 7.38. The van der Waals surface area contributed by atoms with Crippen molar-refractivity contribution < 1.29 is 14.2 Å². The number of hydrogen-bond donors (Lipinski definition) is 0. The van der Waals surface area contributed by atoms with Gasteiger partial charge in [-0.1, -0.05) is 56.3 Å². The molecular formula is C19H24O3. The normalized spacial score (nSPS) is 35.5. The highest BCUT2D eigenvalue weighted by atomic mass is 16.7. The highest BCUT2D eigenvalue weighted by molar-refractivity contribution is 5.27. The molecule has 1 saturated carbocycles. The molecule has 2 heterocycles. The number of ether oxygens (including phenoxy) is 3. The molecule has 3 nitrogen and oxygen atoms in total. The molecule has 3 aliphatic rings. The minimum Gasteiger partial charge on any atom is -0.359 e. The van der Waals surface area contributed by atoms with Crippen molar-refractivity contribution in [3.63, 3.8) is 0 Å². The third-order valence-electron chi connectivity index (χ3n) is 5.47. The first kappa shape index (κ1) is 14.4. The molecule has 2 aliphatic heterocycles. The van der Waals surface area contributed by atoms with Gasteiger partial charge in [-0.25, -0.2) is 0 Å². The summed E-state index contributed by atoms with van der Waals surface area (Å²) in [6.45, 7) is 5.90. The van der Waals surface area contributed by atoms with E-state index < -0.39 is 5.79 Å². The summed E-state index contributed by atoms with van der Waals surface area (Å²) in [4.78, 5) is 0. The third kappa shape index (κ3) is 2.15. The zero-order valence-electron chi connectivity index (χ0n) is 13.4. The van der Waals surface area contributed by atoms with Crippen LogP contribution in [0.4, 0.5) is 0 Å². The van der Waals surface area contributed by atoms with E-state index in [0.29, 0.717) is 13.2 Å². The minimum atomic E-state index is -0.416. The zero-order chi connectivity index (χ0) is 15.3. The summed E-state index contributed by atoms with van der Waals surface area (Å²) in [5, 5.41) is 0. The summed E-state index contributed by atoms with van der Waals surface area (Å²) in [6.07, 6.45) is 7.33. The highest BCUT2D eigenvalue weighted by Crippen LogP contribution is 2.55. The predicted octanol–water partition coefficient (Wildman–Crippen LogP) is 4.01. The van der Waals surface area contributed by atoms with E-state index in [9.17, 15) is 0 Å². The second kappa shape index (κ2) is 4.92. The smallest absolute Gasteiger partial charge is 0.173 e. The first-order valence-corrected chi connectivity index (χ1v) is 8.24. The number of rotatable bonds is 1. The van der Waals surface area contributed by atoms with Gasteiger partial charge < -0.3 is 14.2 Å². The Hall–Kier alpha value is -1.16. The summed E-state index contributed by atoms with van der Waals surface area (Å²) in [6, 6.07) is 10.4. The van der Waals surface area contributed by atoms with E-state index in [1.54, 1.807) is 0 Å². The summed E-state index contributed by atoms with van der Waals surface area (Å²) in [5.74, 6) is -0.416. The van der Waals surface area contributed by atoms with Crippen LogP contribution in [0.25, 0.3) is 0 Å². The summed E-state index contributed by atoms with van der Waals surface area (Å²) in [5.41, 5.74) is 0.990. The Kier molecular flexibility index (Phi) is 3.23. The average Bonchev–Trinajstić information content (AvgIpc) is 3.13. The highest BCUT2D eigenvalue weighted by Gasteiger charge is 2.58. The molecule has 2 atom stereocenters. The molecule has 3 heteroatoms. The minimum absolute atomic E-state index is 0.0579. The molecule has 1 saturated heterocycles. The van der Waals surface area contributed by atoms with Gasteiger partial charge in [0.05, 0.1) is 18.8 Å². The van der Waals surface area contributed by atoms with Gasteiger partial charge in [0, 0.05) is 11.8 Å².